The number of unbranched alkanes of at least 4 members (excludes halogenated alkanes) is 1. The maximum absolute atomic E-state index is 5.49. The molecular formula is C12H25BrO2. The number of alkyl halides is 1. The number of rotatable bonds is 11. The zero-order chi connectivity index (χ0) is 11.4. The van der Waals surface area contributed by atoms with Crippen LogP contribution in [-0.2, 0) is 9.47 Å². The van der Waals surface area contributed by atoms with Crippen LogP contribution in [0.3, 0.4) is 0 Å². The van der Waals surface area contributed by atoms with Crippen LogP contribution >= 0.6 is 15.9 Å². The predicted octanol–water partition coefficient (Wildman–Crippen LogP) is 3.63. The van der Waals surface area contributed by atoms with Gasteiger partial charge in [-0.15, -0.1) is 0 Å². The molecule has 0 amide bonds. The van der Waals surface area contributed by atoms with Crippen molar-refractivity contribution in [3.8, 4) is 0 Å². The molecule has 15 heavy (non-hydrogen) atoms. The number of hydrogen-bond acceptors (Lipinski definition) is 2. The SMILES string of the molecule is CCCCOCCOCCC(C)CCBr. The summed E-state index contributed by atoms with van der Waals surface area (Å²) in [5, 5.41) is 1.09. The van der Waals surface area contributed by atoms with Crippen LogP contribution < -0.4 is 0 Å². The molecule has 0 fully saturated rings. The zero-order valence-corrected chi connectivity index (χ0v) is 11.7. The summed E-state index contributed by atoms with van der Waals surface area (Å²) < 4.78 is 10.9. The number of halogens is 1. The molecule has 92 valence electrons. The molecule has 0 heterocycles. The highest BCUT2D eigenvalue weighted by atomic mass is 79.9. The molecule has 2 nitrogen and oxygen atoms in total. The van der Waals surface area contributed by atoms with Gasteiger partial charge in [0, 0.05) is 18.5 Å². The van der Waals surface area contributed by atoms with Gasteiger partial charge < -0.3 is 9.47 Å². The van der Waals surface area contributed by atoms with Gasteiger partial charge in [0.2, 0.25) is 0 Å². The molecule has 0 aromatic rings. The monoisotopic (exact) mass is 280 g/mol. The molecule has 1 atom stereocenters. The van der Waals surface area contributed by atoms with Crippen LogP contribution in [-0.4, -0.2) is 31.8 Å². The van der Waals surface area contributed by atoms with Crippen molar-refractivity contribution < 1.29 is 9.47 Å². The largest absolute Gasteiger partial charge is 0.379 e. The first-order chi connectivity index (χ1) is 7.31. The van der Waals surface area contributed by atoms with Gasteiger partial charge in [0.25, 0.3) is 0 Å². The van der Waals surface area contributed by atoms with Gasteiger partial charge >= 0.3 is 0 Å². The van der Waals surface area contributed by atoms with Crippen molar-refractivity contribution in [2.75, 3.05) is 31.8 Å². The van der Waals surface area contributed by atoms with Gasteiger partial charge in [-0.2, -0.15) is 0 Å². The molecule has 0 spiro atoms. The first-order valence-electron chi connectivity index (χ1n) is 6.02. The summed E-state index contributed by atoms with van der Waals surface area (Å²) in [7, 11) is 0. The summed E-state index contributed by atoms with van der Waals surface area (Å²) in [6, 6.07) is 0. The first kappa shape index (κ1) is 15.4. The van der Waals surface area contributed by atoms with Crippen LogP contribution in [0.1, 0.15) is 39.5 Å². The van der Waals surface area contributed by atoms with E-state index >= 15 is 0 Å². The minimum absolute atomic E-state index is 0.741. The van der Waals surface area contributed by atoms with Gasteiger partial charge in [0.05, 0.1) is 13.2 Å². The highest BCUT2D eigenvalue weighted by molar-refractivity contribution is 9.09. The highest BCUT2D eigenvalue weighted by Crippen LogP contribution is 2.08. The van der Waals surface area contributed by atoms with Gasteiger partial charge in [-0.25, -0.2) is 0 Å². The molecule has 1 unspecified atom stereocenters. The second-order valence-electron chi connectivity index (χ2n) is 3.95. The van der Waals surface area contributed by atoms with E-state index in [9.17, 15) is 0 Å². The Morgan fingerprint density at radius 1 is 1.00 bits per heavy atom. The van der Waals surface area contributed by atoms with Crippen LogP contribution in [0.25, 0.3) is 0 Å². The molecule has 0 aliphatic rings. The van der Waals surface area contributed by atoms with Crippen molar-refractivity contribution in [1.29, 1.82) is 0 Å². The Bertz CT molecular complexity index is 120. The molecule has 0 aliphatic heterocycles. The molecule has 0 N–H and O–H groups in total. The molecule has 0 radical (unpaired) electrons. The third kappa shape index (κ3) is 12.3. The molecule has 0 aromatic heterocycles. The lowest BCUT2D eigenvalue weighted by atomic mass is 10.1. The smallest absolute Gasteiger partial charge is 0.0700 e. The average molecular weight is 281 g/mol. The Morgan fingerprint density at radius 3 is 2.27 bits per heavy atom. The Morgan fingerprint density at radius 2 is 1.67 bits per heavy atom. The van der Waals surface area contributed by atoms with Crippen LogP contribution in [0, 0.1) is 5.92 Å². The van der Waals surface area contributed by atoms with Crippen molar-refractivity contribution in [2.45, 2.75) is 39.5 Å². The Kier molecular flexibility index (Phi) is 12.8. The van der Waals surface area contributed by atoms with E-state index in [0.717, 1.165) is 50.5 Å². The van der Waals surface area contributed by atoms with Crippen molar-refractivity contribution >= 4 is 15.9 Å². The Labute approximate surface area is 103 Å². The minimum Gasteiger partial charge on any atom is -0.379 e. The molecular weight excluding hydrogens is 256 g/mol. The molecule has 0 aromatic carbocycles. The highest BCUT2D eigenvalue weighted by Gasteiger charge is 2.00. The third-order valence-corrected chi connectivity index (χ3v) is 2.83. The normalized spacial score (nSPS) is 13.0. The van der Waals surface area contributed by atoms with Crippen molar-refractivity contribution in [3.63, 3.8) is 0 Å². The summed E-state index contributed by atoms with van der Waals surface area (Å²) in [5.41, 5.74) is 0. The molecule has 0 aliphatic carbocycles. The van der Waals surface area contributed by atoms with Crippen LogP contribution in [0.4, 0.5) is 0 Å². The Hall–Kier alpha value is 0.400. The lowest BCUT2D eigenvalue weighted by molar-refractivity contribution is 0.0424. The maximum atomic E-state index is 5.49. The molecule has 0 rings (SSSR count). The second-order valence-corrected chi connectivity index (χ2v) is 4.74. The van der Waals surface area contributed by atoms with Crippen LogP contribution in [0.15, 0.2) is 0 Å². The standard InChI is InChI=1S/C12H25BrO2/c1-3-4-8-14-10-11-15-9-6-12(2)5-7-13/h12H,3-11H2,1-2H3. The van der Waals surface area contributed by atoms with Gasteiger partial charge in [-0.05, 0) is 25.2 Å². The predicted molar refractivity (Wildman–Crippen MR) is 68.7 cm³/mol. The van der Waals surface area contributed by atoms with E-state index in [1.165, 1.54) is 12.8 Å². The summed E-state index contributed by atoms with van der Waals surface area (Å²) in [6.45, 7) is 7.66. The van der Waals surface area contributed by atoms with E-state index in [4.69, 9.17) is 9.47 Å². The topological polar surface area (TPSA) is 18.5 Å². The average Bonchev–Trinajstić information content (AvgIpc) is 2.22. The maximum Gasteiger partial charge on any atom is 0.0700 e. The lowest BCUT2D eigenvalue weighted by Crippen LogP contribution is -2.08. The summed E-state index contributed by atoms with van der Waals surface area (Å²) in [5.74, 6) is 0.755. The van der Waals surface area contributed by atoms with Gasteiger partial charge in [-0.3, -0.25) is 0 Å². The summed E-state index contributed by atoms with van der Waals surface area (Å²) in [6.07, 6.45) is 4.74. The second kappa shape index (κ2) is 12.5. The van der Waals surface area contributed by atoms with E-state index < -0.39 is 0 Å². The van der Waals surface area contributed by atoms with Crippen molar-refractivity contribution in [3.05, 3.63) is 0 Å². The molecule has 3 heteroatoms. The Balaban J connectivity index is 2.98. The number of ether oxygens (including phenoxy) is 2. The van der Waals surface area contributed by atoms with Crippen LogP contribution in [0.2, 0.25) is 0 Å². The van der Waals surface area contributed by atoms with E-state index in [1.807, 2.05) is 0 Å². The van der Waals surface area contributed by atoms with E-state index in [-0.39, 0.29) is 0 Å². The fraction of sp³-hybridized carbons (Fsp3) is 1.00. The lowest BCUT2D eigenvalue weighted by Gasteiger charge is -2.09. The van der Waals surface area contributed by atoms with Crippen molar-refractivity contribution in [1.82, 2.24) is 0 Å². The fourth-order valence-electron chi connectivity index (χ4n) is 1.18. The first-order valence-corrected chi connectivity index (χ1v) is 7.14. The molecule has 0 bridgehead atoms. The van der Waals surface area contributed by atoms with Gasteiger partial charge in [-0.1, -0.05) is 36.2 Å². The van der Waals surface area contributed by atoms with Gasteiger partial charge in [0.1, 0.15) is 0 Å². The van der Waals surface area contributed by atoms with Crippen LogP contribution in [0.5, 0.6) is 0 Å². The van der Waals surface area contributed by atoms with Gasteiger partial charge in [0.15, 0.2) is 0 Å². The van der Waals surface area contributed by atoms with Crippen molar-refractivity contribution in [2.24, 2.45) is 5.92 Å². The fourth-order valence-corrected chi connectivity index (χ4v) is 1.97. The summed E-state index contributed by atoms with van der Waals surface area (Å²) >= 11 is 3.45. The third-order valence-electron chi connectivity index (χ3n) is 2.37. The van der Waals surface area contributed by atoms with E-state index in [0.29, 0.717) is 0 Å². The zero-order valence-electron chi connectivity index (χ0n) is 10.1. The van der Waals surface area contributed by atoms with E-state index in [1.54, 1.807) is 0 Å². The molecule has 0 saturated heterocycles. The number of hydrogen-bond donors (Lipinski definition) is 0. The van der Waals surface area contributed by atoms with E-state index in [2.05, 4.69) is 29.8 Å². The summed E-state index contributed by atoms with van der Waals surface area (Å²) in [4.78, 5) is 0. The quantitative estimate of drug-likeness (QED) is 0.425. The minimum atomic E-state index is 0.741. The molecule has 0 saturated carbocycles.